The van der Waals surface area contributed by atoms with Gasteiger partial charge in [0, 0.05) is 25.5 Å². The molecule has 0 bridgehead atoms. The first-order chi connectivity index (χ1) is 13.9. The summed E-state index contributed by atoms with van der Waals surface area (Å²) in [4.78, 5) is 2.46. The smallest absolute Gasteiger partial charge is 0.245 e. The summed E-state index contributed by atoms with van der Waals surface area (Å²) in [5, 5.41) is 13.0. The molecule has 2 atom stereocenters. The number of likely N-dealkylation sites (tertiary alicyclic amines) is 1. The molecule has 3 aromatic rings. The second kappa shape index (κ2) is 7.85. The van der Waals surface area contributed by atoms with Crippen molar-refractivity contribution < 1.29 is 9.15 Å². The van der Waals surface area contributed by atoms with Gasteiger partial charge >= 0.3 is 0 Å². The minimum atomic E-state index is -0.0240. The van der Waals surface area contributed by atoms with Crippen LogP contribution in [-0.4, -0.2) is 38.0 Å². The Bertz CT molecular complexity index is 901. The summed E-state index contributed by atoms with van der Waals surface area (Å²) in [6.45, 7) is 2.68. The minimum Gasteiger partial charge on any atom is -0.421 e. The van der Waals surface area contributed by atoms with Crippen LogP contribution < -0.4 is 0 Å². The van der Waals surface area contributed by atoms with Crippen LogP contribution in [0.5, 0.6) is 0 Å². The highest BCUT2D eigenvalue weighted by Gasteiger charge is 2.31. The highest BCUT2D eigenvalue weighted by atomic mass is 16.5. The lowest BCUT2D eigenvalue weighted by atomic mass is 10.0. The number of rotatable bonds is 5. The van der Waals surface area contributed by atoms with E-state index < -0.39 is 0 Å². The molecule has 0 unspecified atom stereocenters. The highest BCUT2D eigenvalue weighted by molar-refractivity contribution is 5.35. The molecule has 2 aromatic heterocycles. The molecule has 2 aliphatic rings. The van der Waals surface area contributed by atoms with E-state index in [9.17, 15) is 0 Å². The standard InChI is InChI=1S/C21H25N5O2/c1-2-11-25(15-16-6-3-7-17(14-16)26-12-5-10-22-26)18(8-1)20-23-24-21(28-20)19-9-4-13-27-19/h3,5-7,10,12,14,18-19H,1-2,4,8-9,11,13,15H2/t18-,19+/m0/s1. The van der Waals surface area contributed by atoms with Gasteiger partial charge in [0.1, 0.15) is 6.10 Å². The Labute approximate surface area is 164 Å². The Morgan fingerprint density at radius 1 is 1.04 bits per heavy atom. The predicted octanol–water partition coefficient (Wildman–Crippen LogP) is 3.83. The first-order valence-corrected chi connectivity index (χ1v) is 10.1. The molecule has 0 radical (unpaired) electrons. The van der Waals surface area contributed by atoms with E-state index in [1.807, 2.05) is 16.9 Å². The quantitative estimate of drug-likeness (QED) is 0.671. The van der Waals surface area contributed by atoms with E-state index in [1.165, 1.54) is 18.4 Å². The SMILES string of the molecule is c1cc(CN2CCCC[C@H]2c2nnc([C@H]3CCCO3)o2)cc(-n2cccn2)c1. The van der Waals surface area contributed by atoms with Crippen molar-refractivity contribution in [2.24, 2.45) is 0 Å². The molecular formula is C21H25N5O2. The third kappa shape index (κ3) is 3.59. The van der Waals surface area contributed by atoms with Crippen LogP contribution >= 0.6 is 0 Å². The molecule has 0 spiro atoms. The van der Waals surface area contributed by atoms with Gasteiger partial charge in [-0.15, -0.1) is 10.2 Å². The molecule has 4 heterocycles. The van der Waals surface area contributed by atoms with Gasteiger partial charge < -0.3 is 9.15 Å². The van der Waals surface area contributed by atoms with Crippen LogP contribution in [0.2, 0.25) is 0 Å². The van der Waals surface area contributed by atoms with E-state index in [-0.39, 0.29) is 12.1 Å². The van der Waals surface area contributed by atoms with E-state index >= 15 is 0 Å². The second-order valence-corrected chi connectivity index (χ2v) is 7.58. The van der Waals surface area contributed by atoms with Crippen molar-refractivity contribution in [3.63, 3.8) is 0 Å². The van der Waals surface area contributed by atoms with Gasteiger partial charge in [-0.25, -0.2) is 4.68 Å². The maximum absolute atomic E-state index is 6.05. The van der Waals surface area contributed by atoms with E-state index in [0.717, 1.165) is 50.5 Å². The topological polar surface area (TPSA) is 69.2 Å². The van der Waals surface area contributed by atoms with Crippen LogP contribution in [0.15, 0.2) is 47.1 Å². The van der Waals surface area contributed by atoms with Crippen LogP contribution in [0.25, 0.3) is 5.69 Å². The Balaban J connectivity index is 1.34. The fourth-order valence-corrected chi connectivity index (χ4v) is 4.20. The number of benzene rings is 1. The zero-order valence-electron chi connectivity index (χ0n) is 15.9. The van der Waals surface area contributed by atoms with Gasteiger partial charge in [0.05, 0.1) is 11.7 Å². The maximum atomic E-state index is 6.05. The molecular weight excluding hydrogens is 354 g/mol. The lowest BCUT2D eigenvalue weighted by molar-refractivity contribution is 0.0795. The third-order valence-electron chi connectivity index (χ3n) is 5.63. The Kier molecular flexibility index (Phi) is 4.93. The zero-order valence-corrected chi connectivity index (χ0v) is 15.9. The van der Waals surface area contributed by atoms with Crippen molar-refractivity contribution >= 4 is 0 Å². The first kappa shape index (κ1) is 17.6. The molecule has 7 heteroatoms. The molecule has 28 heavy (non-hydrogen) atoms. The molecule has 0 N–H and O–H groups in total. The number of piperidine rings is 1. The molecule has 2 fully saturated rings. The maximum Gasteiger partial charge on any atom is 0.245 e. The summed E-state index contributed by atoms with van der Waals surface area (Å²) in [6, 6.07) is 10.6. The monoisotopic (exact) mass is 379 g/mol. The number of aromatic nitrogens is 4. The number of nitrogens with zero attached hydrogens (tertiary/aromatic N) is 5. The molecule has 146 valence electrons. The van der Waals surface area contributed by atoms with Gasteiger partial charge in [-0.05, 0) is 56.0 Å². The van der Waals surface area contributed by atoms with Gasteiger partial charge in [0.25, 0.3) is 0 Å². The van der Waals surface area contributed by atoms with E-state index in [1.54, 1.807) is 6.20 Å². The minimum absolute atomic E-state index is 0.0240. The summed E-state index contributed by atoms with van der Waals surface area (Å²) < 4.78 is 13.6. The lowest BCUT2D eigenvalue weighted by Crippen LogP contribution is -2.33. The first-order valence-electron chi connectivity index (χ1n) is 10.1. The van der Waals surface area contributed by atoms with Crippen LogP contribution in [0, 0.1) is 0 Å². The van der Waals surface area contributed by atoms with Crippen molar-refractivity contribution in [1.82, 2.24) is 24.9 Å². The van der Waals surface area contributed by atoms with Crippen LogP contribution in [0.1, 0.15) is 61.6 Å². The van der Waals surface area contributed by atoms with Crippen LogP contribution in [0.3, 0.4) is 0 Å². The number of ether oxygens (including phenoxy) is 1. The Hall–Kier alpha value is -2.51. The third-order valence-corrected chi connectivity index (χ3v) is 5.63. The molecule has 5 rings (SSSR count). The normalized spacial score (nSPS) is 23.3. The van der Waals surface area contributed by atoms with Crippen molar-refractivity contribution in [3.05, 3.63) is 60.1 Å². The Morgan fingerprint density at radius 3 is 2.86 bits per heavy atom. The highest BCUT2D eigenvalue weighted by Crippen LogP contribution is 2.34. The van der Waals surface area contributed by atoms with Crippen molar-refractivity contribution in [1.29, 1.82) is 0 Å². The van der Waals surface area contributed by atoms with Crippen LogP contribution in [-0.2, 0) is 11.3 Å². The van der Waals surface area contributed by atoms with E-state index in [2.05, 4.69) is 44.5 Å². The molecule has 2 saturated heterocycles. The molecule has 0 saturated carbocycles. The fraction of sp³-hybridized carbons (Fsp3) is 0.476. The van der Waals surface area contributed by atoms with E-state index in [4.69, 9.17) is 9.15 Å². The van der Waals surface area contributed by atoms with E-state index in [0.29, 0.717) is 5.89 Å². The Morgan fingerprint density at radius 2 is 2.00 bits per heavy atom. The molecule has 1 aromatic carbocycles. The summed E-state index contributed by atoms with van der Waals surface area (Å²) in [7, 11) is 0. The average Bonchev–Trinajstić information content (AvgIpc) is 3.51. The summed E-state index contributed by atoms with van der Waals surface area (Å²) >= 11 is 0. The molecule has 0 amide bonds. The van der Waals surface area contributed by atoms with Crippen molar-refractivity contribution in [2.45, 2.75) is 50.8 Å². The molecule has 7 nitrogen and oxygen atoms in total. The predicted molar refractivity (Wildman–Crippen MR) is 103 cm³/mol. The van der Waals surface area contributed by atoms with Gasteiger partial charge in [-0.1, -0.05) is 18.6 Å². The number of hydrogen-bond acceptors (Lipinski definition) is 6. The zero-order chi connectivity index (χ0) is 18.8. The van der Waals surface area contributed by atoms with Gasteiger partial charge in [-0.2, -0.15) is 5.10 Å². The van der Waals surface area contributed by atoms with Gasteiger partial charge in [0.2, 0.25) is 11.8 Å². The van der Waals surface area contributed by atoms with Crippen molar-refractivity contribution in [3.8, 4) is 5.69 Å². The fourth-order valence-electron chi connectivity index (χ4n) is 4.20. The largest absolute Gasteiger partial charge is 0.421 e. The lowest BCUT2D eigenvalue weighted by Gasteiger charge is -2.33. The molecule has 2 aliphatic heterocycles. The average molecular weight is 379 g/mol. The van der Waals surface area contributed by atoms with Gasteiger partial charge in [0.15, 0.2) is 0 Å². The summed E-state index contributed by atoms with van der Waals surface area (Å²) in [5.74, 6) is 1.37. The molecule has 0 aliphatic carbocycles. The second-order valence-electron chi connectivity index (χ2n) is 7.58. The van der Waals surface area contributed by atoms with Gasteiger partial charge in [-0.3, -0.25) is 4.90 Å². The summed E-state index contributed by atoms with van der Waals surface area (Å²) in [6.07, 6.45) is 9.20. The van der Waals surface area contributed by atoms with Crippen LogP contribution in [0.4, 0.5) is 0 Å². The number of hydrogen-bond donors (Lipinski definition) is 0. The van der Waals surface area contributed by atoms with Crippen molar-refractivity contribution in [2.75, 3.05) is 13.2 Å². The summed E-state index contributed by atoms with van der Waals surface area (Å²) in [5.41, 5.74) is 2.34.